The first kappa shape index (κ1) is 6.92. The highest BCUT2D eigenvalue weighted by Crippen LogP contribution is 1.79. The van der Waals surface area contributed by atoms with Gasteiger partial charge in [0.25, 0.3) is 0 Å². The quantitative estimate of drug-likeness (QED) is 0.536. The van der Waals surface area contributed by atoms with Crippen molar-refractivity contribution in [3.8, 4) is 0 Å². The molecule has 0 unspecified atom stereocenters. The molecule has 0 aromatic heterocycles. The molecule has 0 aliphatic heterocycles. The van der Waals surface area contributed by atoms with Crippen LogP contribution in [-0.2, 0) is 0 Å². The van der Waals surface area contributed by atoms with Gasteiger partial charge in [-0.1, -0.05) is 6.92 Å². The van der Waals surface area contributed by atoms with E-state index in [-0.39, 0.29) is 1.43 Å². The van der Waals surface area contributed by atoms with Crippen molar-refractivity contribution in [3.05, 3.63) is 0 Å². The molecule has 2 heteroatoms. The average molecular weight is 104 g/mol. The number of nitrogens with one attached hydrogen (secondary N) is 1. The predicted octanol–water partition coefficient (Wildman–Crippen LogP) is 0.189. The zero-order chi connectivity index (χ0) is 5.70. The van der Waals surface area contributed by atoms with Gasteiger partial charge in [0.1, 0.15) is 0 Å². The lowest BCUT2D eigenvalue weighted by molar-refractivity contribution is 0.602. The van der Waals surface area contributed by atoms with Crippen molar-refractivity contribution in [2.24, 2.45) is 5.73 Å². The van der Waals surface area contributed by atoms with Gasteiger partial charge in [0.05, 0.1) is 0 Å². The van der Waals surface area contributed by atoms with Crippen LogP contribution >= 0.6 is 0 Å². The number of likely N-dealkylation sites (N-methyl/N-ethyl adjacent to an activating group) is 1. The standard InChI is InChI=1S/C5H14N2.H2/c1-3-5(6)4-7-2;/h5,7H,3-4,6H2,1-2H3;1H/t5-;/m1./s1. The third-order valence-corrected chi connectivity index (χ3v) is 0.991. The lowest BCUT2D eigenvalue weighted by atomic mass is 10.2. The molecule has 0 heterocycles. The van der Waals surface area contributed by atoms with Crippen LogP contribution in [0.15, 0.2) is 0 Å². The summed E-state index contributed by atoms with van der Waals surface area (Å²) < 4.78 is 0. The maximum absolute atomic E-state index is 5.52. The highest BCUT2D eigenvalue weighted by molar-refractivity contribution is 4.58. The van der Waals surface area contributed by atoms with Crippen LogP contribution in [0.3, 0.4) is 0 Å². The molecular formula is C5H16N2. The smallest absolute Gasteiger partial charge is 0.0162 e. The maximum atomic E-state index is 5.52. The van der Waals surface area contributed by atoms with Crippen LogP contribution in [0.4, 0.5) is 0 Å². The second-order valence-electron chi connectivity index (χ2n) is 1.73. The molecular weight excluding hydrogens is 88.1 g/mol. The van der Waals surface area contributed by atoms with E-state index in [1.54, 1.807) is 0 Å². The van der Waals surface area contributed by atoms with E-state index in [4.69, 9.17) is 5.73 Å². The summed E-state index contributed by atoms with van der Waals surface area (Å²) in [5, 5.41) is 2.99. The first-order valence-electron chi connectivity index (χ1n) is 2.71. The molecule has 0 rings (SSSR count). The van der Waals surface area contributed by atoms with Gasteiger partial charge in [-0.05, 0) is 13.5 Å². The van der Waals surface area contributed by atoms with Gasteiger partial charge in [0, 0.05) is 14.0 Å². The predicted molar refractivity (Wildman–Crippen MR) is 34.3 cm³/mol. The van der Waals surface area contributed by atoms with E-state index in [1.807, 2.05) is 7.05 Å². The van der Waals surface area contributed by atoms with Crippen molar-refractivity contribution in [2.75, 3.05) is 13.6 Å². The molecule has 0 saturated heterocycles. The summed E-state index contributed by atoms with van der Waals surface area (Å²) >= 11 is 0. The molecule has 0 aliphatic rings. The second-order valence-corrected chi connectivity index (χ2v) is 1.73. The Morgan fingerprint density at radius 1 is 1.86 bits per heavy atom. The Balaban J connectivity index is 0. The van der Waals surface area contributed by atoms with Crippen LogP contribution in [0.2, 0.25) is 0 Å². The van der Waals surface area contributed by atoms with E-state index >= 15 is 0 Å². The summed E-state index contributed by atoms with van der Waals surface area (Å²) in [5.41, 5.74) is 5.52. The molecule has 46 valence electrons. The molecule has 2 nitrogen and oxygen atoms in total. The Hall–Kier alpha value is -0.0800. The molecule has 0 amide bonds. The van der Waals surface area contributed by atoms with Crippen molar-refractivity contribution < 1.29 is 1.43 Å². The molecule has 0 radical (unpaired) electrons. The maximum Gasteiger partial charge on any atom is 0.0162 e. The highest BCUT2D eigenvalue weighted by Gasteiger charge is 1.92. The molecule has 0 bridgehead atoms. The van der Waals surface area contributed by atoms with Gasteiger partial charge in [-0.25, -0.2) is 0 Å². The Morgan fingerprint density at radius 2 is 2.43 bits per heavy atom. The van der Waals surface area contributed by atoms with Gasteiger partial charge in [-0.3, -0.25) is 0 Å². The van der Waals surface area contributed by atoms with E-state index < -0.39 is 0 Å². The number of nitrogens with two attached hydrogens (primary N) is 1. The van der Waals surface area contributed by atoms with Crippen LogP contribution in [-0.4, -0.2) is 19.6 Å². The topological polar surface area (TPSA) is 38.0 Å². The molecule has 3 N–H and O–H groups in total. The Morgan fingerprint density at radius 3 is 2.57 bits per heavy atom. The van der Waals surface area contributed by atoms with Crippen LogP contribution in [0.25, 0.3) is 0 Å². The lowest BCUT2D eigenvalue weighted by Crippen LogP contribution is -2.30. The fourth-order valence-electron chi connectivity index (χ4n) is 0.407. The fraction of sp³-hybridized carbons (Fsp3) is 1.00. The minimum Gasteiger partial charge on any atom is -0.327 e. The van der Waals surface area contributed by atoms with E-state index in [2.05, 4.69) is 12.2 Å². The van der Waals surface area contributed by atoms with Gasteiger partial charge in [-0.15, -0.1) is 0 Å². The van der Waals surface area contributed by atoms with Gasteiger partial charge in [0.15, 0.2) is 0 Å². The van der Waals surface area contributed by atoms with Gasteiger partial charge in [0.2, 0.25) is 0 Å². The van der Waals surface area contributed by atoms with Gasteiger partial charge >= 0.3 is 0 Å². The van der Waals surface area contributed by atoms with Crippen molar-refractivity contribution in [2.45, 2.75) is 19.4 Å². The van der Waals surface area contributed by atoms with Crippen LogP contribution in [0.1, 0.15) is 14.8 Å². The number of rotatable bonds is 3. The van der Waals surface area contributed by atoms with Crippen molar-refractivity contribution >= 4 is 0 Å². The first-order chi connectivity index (χ1) is 3.31. The summed E-state index contributed by atoms with van der Waals surface area (Å²) in [6.45, 7) is 3.01. The van der Waals surface area contributed by atoms with Crippen molar-refractivity contribution in [3.63, 3.8) is 0 Å². The zero-order valence-electron chi connectivity index (χ0n) is 5.07. The lowest BCUT2D eigenvalue weighted by Gasteiger charge is -2.04. The van der Waals surface area contributed by atoms with Gasteiger partial charge < -0.3 is 11.1 Å². The highest BCUT2D eigenvalue weighted by atomic mass is 14.9. The van der Waals surface area contributed by atoms with Crippen LogP contribution in [0, 0.1) is 0 Å². The normalized spacial score (nSPS) is 14.1. The Labute approximate surface area is 46.6 Å². The minimum atomic E-state index is 0. The summed E-state index contributed by atoms with van der Waals surface area (Å²) in [6.07, 6.45) is 1.06. The largest absolute Gasteiger partial charge is 0.327 e. The minimum absolute atomic E-state index is 0. The van der Waals surface area contributed by atoms with Crippen molar-refractivity contribution in [1.29, 1.82) is 0 Å². The molecule has 0 aromatic carbocycles. The summed E-state index contributed by atoms with van der Waals surface area (Å²) in [6, 6.07) is 0.338. The Bertz CT molecular complexity index is 41.4. The molecule has 7 heavy (non-hydrogen) atoms. The number of hydrogen-bond acceptors (Lipinski definition) is 2. The van der Waals surface area contributed by atoms with Crippen molar-refractivity contribution in [1.82, 2.24) is 5.32 Å². The molecule has 0 aromatic rings. The summed E-state index contributed by atoms with van der Waals surface area (Å²) in [7, 11) is 1.91. The van der Waals surface area contributed by atoms with Crippen LogP contribution < -0.4 is 11.1 Å². The number of hydrogen-bond donors (Lipinski definition) is 2. The first-order valence-corrected chi connectivity index (χ1v) is 2.71. The molecule has 0 spiro atoms. The average Bonchev–Trinajstić information content (AvgIpc) is 1.68. The third-order valence-electron chi connectivity index (χ3n) is 0.991. The van der Waals surface area contributed by atoms with Gasteiger partial charge in [-0.2, -0.15) is 0 Å². The molecule has 1 atom stereocenters. The van der Waals surface area contributed by atoms with E-state index in [0.29, 0.717) is 6.04 Å². The molecule has 0 fully saturated rings. The van der Waals surface area contributed by atoms with Crippen LogP contribution in [0.5, 0.6) is 0 Å². The monoisotopic (exact) mass is 104 g/mol. The SMILES string of the molecule is CC[C@@H](N)CNC.[HH]. The second kappa shape index (κ2) is 4.09. The van der Waals surface area contributed by atoms with E-state index in [0.717, 1.165) is 13.0 Å². The zero-order valence-corrected chi connectivity index (χ0v) is 5.07. The van der Waals surface area contributed by atoms with E-state index in [9.17, 15) is 0 Å². The summed E-state index contributed by atoms with van der Waals surface area (Å²) in [4.78, 5) is 0. The molecule has 0 aliphatic carbocycles. The summed E-state index contributed by atoms with van der Waals surface area (Å²) in [5.74, 6) is 0. The van der Waals surface area contributed by atoms with E-state index in [1.165, 1.54) is 0 Å². The fourth-order valence-corrected chi connectivity index (χ4v) is 0.407. The molecule has 0 saturated carbocycles. The Kier molecular flexibility index (Phi) is 4.04. The third kappa shape index (κ3) is 3.76.